The zero-order valence-corrected chi connectivity index (χ0v) is 20.9. The predicted octanol–water partition coefficient (Wildman–Crippen LogP) is 4.64. The molecule has 184 valence electrons. The minimum Gasteiger partial charge on any atom is -0.386 e. The lowest BCUT2D eigenvalue weighted by Gasteiger charge is -2.18. The van der Waals surface area contributed by atoms with Gasteiger partial charge in [-0.05, 0) is 76.3 Å². The molecule has 4 N–H and O–H groups in total. The topological polar surface area (TPSA) is 112 Å². The maximum absolute atomic E-state index is 13.5. The Hall–Kier alpha value is -3.30. The van der Waals surface area contributed by atoms with Crippen molar-refractivity contribution in [2.24, 2.45) is 5.92 Å². The number of halogens is 2. The van der Waals surface area contributed by atoms with Crippen molar-refractivity contribution in [1.29, 1.82) is 5.41 Å². The van der Waals surface area contributed by atoms with E-state index in [1.54, 1.807) is 36.7 Å². The van der Waals surface area contributed by atoms with Crippen molar-refractivity contribution in [1.82, 2.24) is 25.1 Å². The van der Waals surface area contributed by atoms with Crippen molar-refractivity contribution >= 4 is 29.0 Å². The molecule has 2 heterocycles. The van der Waals surface area contributed by atoms with E-state index < -0.39 is 5.60 Å². The van der Waals surface area contributed by atoms with Crippen molar-refractivity contribution in [2.45, 2.75) is 46.1 Å². The SMILES string of the molecule is Cc1nn(-c2cc(NC(=N)/C(Cl)=C(\NCC3CC3)c3ccc(F)cc3)ncn2)c(C)c1C(C)(C)O. The van der Waals surface area contributed by atoms with Gasteiger partial charge in [0.25, 0.3) is 0 Å². The highest BCUT2D eigenvalue weighted by atomic mass is 35.5. The lowest BCUT2D eigenvalue weighted by Crippen LogP contribution is -2.21. The second kappa shape index (κ2) is 9.75. The van der Waals surface area contributed by atoms with Crippen LogP contribution in [-0.2, 0) is 5.60 Å². The Morgan fingerprint density at radius 1 is 1.23 bits per heavy atom. The molecule has 8 nitrogen and oxygen atoms in total. The number of nitrogens with zero attached hydrogens (tertiary/aromatic N) is 4. The van der Waals surface area contributed by atoms with Gasteiger partial charge in [-0.1, -0.05) is 11.6 Å². The molecule has 1 saturated carbocycles. The Kier molecular flexibility index (Phi) is 6.91. The van der Waals surface area contributed by atoms with Gasteiger partial charge < -0.3 is 15.7 Å². The molecule has 3 aromatic rings. The quantitative estimate of drug-likeness (QED) is 0.266. The number of aryl methyl sites for hydroxylation is 1. The fourth-order valence-corrected chi connectivity index (χ4v) is 4.30. The largest absolute Gasteiger partial charge is 0.386 e. The third kappa shape index (κ3) is 5.68. The number of benzene rings is 1. The van der Waals surface area contributed by atoms with Crippen LogP contribution in [-0.4, -0.2) is 37.2 Å². The molecule has 4 rings (SSSR count). The zero-order valence-electron chi connectivity index (χ0n) is 20.2. The molecule has 0 bridgehead atoms. The third-order valence-electron chi connectivity index (χ3n) is 5.86. The smallest absolute Gasteiger partial charge is 0.159 e. The molecule has 10 heteroatoms. The van der Waals surface area contributed by atoms with E-state index in [-0.39, 0.29) is 16.7 Å². The average Bonchev–Trinajstić information content (AvgIpc) is 3.56. The van der Waals surface area contributed by atoms with Crippen LogP contribution >= 0.6 is 11.6 Å². The molecule has 0 atom stereocenters. The number of hydrogen-bond acceptors (Lipinski definition) is 6. The fourth-order valence-electron chi connectivity index (χ4n) is 4.08. The summed E-state index contributed by atoms with van der Waals surface area (Å²) in [7, 11) is 0. The summed E-state index contributed by atoms with van der Waals surface area (Å²) in [6.45, 7) is 7.86. The van der Waals surface area contributed by atoms with Crippen LogP contribution in [0.2, 0.25) is 0 Å². The first-order chi connectivity index (χ1) is 16.5. The summed E-state index contributed by atoms with van der Waals surface area (Å²) in [6, 6.07) is 7.64. The number of hydrogen-bond donors (Lipinski definition) is 4. The lowest BCUT2D eigenvalue weighted by molar-refractivity contribution is 0.0772. The molecular weight excluding hydrogens is 469 g/mol. The van der Waals surface area contributed by atoms with E-state index in [0.717, 1.165) is 30.6 Å². The molecule has 1 aromatic carbocycles. The first-order valence-corrected chi connectivity index (χ1v) is 11.8. The van der Waals surface area contributed by atoms with Crippen LogP contribution in [0.5, 0.6) is 0 Å². The summed E-state index contributed by atoms with van der Waals surface area (Å²) in [4.78, 5) is 8.53. The second-order valence-corrected chi connectivity index (χ2v) is 9.68. The Morgan fingerprint density at radius 2 is 1.91 bits per heavy atom. The van der Waals surface area contributed by atoms with Crippen LogP contribution in [0.3, 0.4) is 0 Å². The van der Waals surface area contributed by atoms with Crippen LogP contribution in [0.4, 0.5) is 10.2 Å². The van der Waals surface area contributed by atoms with Crippen LogP contribution in [0.15, 0.2) is 41.7 Å². The van der Waals surface area contributed by atoms with Gasteiger partial charge in [-0.15, -0.1) is 0 Å². The molecule has 1 fully saturated rings. The third-order valence-corrected chi connectivity index (χ3v) is 6.24. The van der Waals surface area contributed by atoms with Gasteiger partial charge in [-0.2, -0.15) is 5.10 Å². The molecule has 1 aliphatic carbocycles. The number of aromatic nitrogens is 4. The van der Waals surface area contributed by atoms with E-state index in [2.05, 4.69) is 25.7 Å². The van der Waals surface area contributed by atoms with Gasteiger partial charge in [-0.3, -0.25) is 5.41 Å². The Labute approximate surface area is 208 Å². The van der Waals surface area contributed by atoms with Gasteiger partial charge in [0, 0.05) is 23.9 Å². The van der Waals surface area contributed by atoms with Gasteiger partial charge in [0.1, 0.15) is 28.8 Å². The summed E-state index contributed by atoms with van der Waals surface area (Å²) in [6.07, 6.45) is 3.68. The van der Waals surface area contributed by atoms with E-state index in [4.69, 9.17) is 17.0 Å². The molecule has 35 heavy (non-hydrogen) atoms. The van der Waals surface area contributed by atoms with Crippen molar-refractivity contribution in [2.75, 3.05) is 11.9 Å². The standard InChI is InChI=1S/C25H29ClFN7O/c1-14-21(25(3,4)35)15(2)34(33-14)20-11-19(30-13-31-20)32-24(28)22(26)23(29-12-16-5-6-16)17-7-9-18(27)10-8-17/h7-11,13,16,29,35H,5-6,12H2,1-4H3,(H2,28,30,31,32)/b23-22+. The van der Waals surface area contributed by atoms with Crippen LogP contribution < -0.4 is 10.6 Å². The fraction of sp³-hybridized carbons (Fsp3) is 0.360. The molecular formula is C25H29ClFN7O. The molecule has 0 saturated heterocycles. The molecule has 0 aliphatic heterocycles. The highest BCUT2D eigenvalue weighted by Gasteiger charge is 2.26. The highest BCUT2D eigenvalue weighted by molar-refractivity contribution is 6.47. The van der Waals surface area contributed by atoms with Crippen LogP contribution in [0.25, 0.3) is 11.5 Å². The van der Waals surface area contributed by atoms with E-state index in [1.807, 2.05) is 13.8 Å². The first-order valence-electron chi connectivity index (χ1n) is 11.4. The Balaban J connectivity index is 1.61. The zero-order chi connectivity index (χ0) is 25.3. The highest BCUT2D eigenvalue weighted by Crippen LogP contribution is 2.30. The lowest BCUT2D eigenvalue weighted by atomic mass is 9.96. The van der Waals surface area contributed by atoms with E-state index in [0.29, 0.717) is 34.5 Å². The Bertz CT molecular complexity index is 1270. The van der Waals surface area contributed by atoms with Gasteiger partial charge in [0.15, 0.2) is 5.82 Å². The number of anilines is 1. The normalized spacial score (nSPS) is 14.5. The molecule has 1 aliphatic rings. The monoisotopic (exact) mass is 497 g/mol. The molecule has 0 unspecified atom stereocenters. The van der Waals surface area contributed by atoms with Crippen molar-refractivity contribution in [3.05, 3.63) is 70.0 Å². The average molecular weight is 498 g/mol. The Morgan fingerprint density at radius 3 is 2.51 bits per heavy atom. The van der Waals surface area contributed by atoms with Crippen molar-refractivity contribution in [3.8, 4) is 5.82 Å². The van der Waals surface area contributed by atoms with Gasteiger partial charge in [0.05, 0.1) is 17.0 Å². The summed E-state index contributed by atoms with van der Waals surface area (Å²) in [5.41, 5.74) is 2.39. The molecule has 0 radical (unpaired) electrons. The van der Waals surface area contributed by atoms with Crippen LogP contribution in [0, 0.1) is 31.0 Å². The number of rotatable bonds is 8. The van der Waals surface area contributed by atoms with Gasteiger partial charge in [0.2, 0.25) is 0 Å². The minimum atomic E-state index is -1.05. The maximum atomic E-state index is 13.5. The van der Waals surface area contributed by atoms with E-state index >= 15 is 0 Å². The summed E-state index contributed by atoms with van der Waals surface area (Å²) >= 11 is 6.63. The van der Waals surface area contributed by atoms with Crippen LogP contribution in [0.1, 0.15) is 49.2 Å². The number of aliphatic hydroxyl groups is 1. The maximum Gasteiger partial charge on any atom is 0.159 e. The first kappa shape index (κ1) is 24.8. The molecule has 0 amide bonds. The van der Waals surface area contributed by atoms with Gasteiger partial charge in [-0.25, -0.2) is 19.0 Å². The molecule has 0 spiro atoms. The summed E-state index contributed by atoms with van der Waals surface area (Å²) in [5, 5.41) is 30.0. The summed E-state index contributed by atoms with van der Waals surface area (Å²) < 4.78 is 15.1. The predicted molar refractivity (Wildman–Crippen MR) is 135 cm³/mol. The summed E-state index contributed by atoms with van der Waals surface area (Å²) in [5.74, 6) is 1.01. The molecule has 2 aromatic heterocycles. The van der Waals surface area contributed by atoms with E-state index in [9.17, 15) is 9.50 Å². The number of amidine groups is 1. The van der Waals surface area contributed by atoms with Gasteiger partial charge >= 0.3 is 0 Å². The van der Waals surface area contributed by atoms with E-state index in [1.165, 1.54) is 18.5 Å². The van der Waals surface area contributed by atoms with Crippen molar-refractivity contribution in [3.63, 3.8) is 0 Å². The number of nitrogens with one attached hydrogen (secondary N) is 3. The second-order valence-electron chi connectivity index (χ2n) is 9.30. The van der Waals surface area contributed by atoms with Crippen molar-refractivity contribution < 1.29 is 9.50 Å². The minimum absolute atomic E-state index is 0.0653.